The highest BCUT2D eigenvalue weighted by Gasteiger charge is 2.15. The molecule has 0 bridgehead atoms. The third-order valence-corrected chi connectivity index (χ3v) is 2.62. The van der Waals surface area contributed by atoms with Crippen molar-refractivity contribution in [3.63, 3.8) is 0 Å². The van der Waals surface area contributed by atoms with Gasteiger partial charge in [-0.05, 0) is 19.8 Å². The first-order valence-corrected chi connectivity index (χ1v) is 5.18. The molecule has 1 atom stereocenters. The lowest BCUT2D eigenvalue weighted by Gasteiger charge is -2.24. The van der Waals surface area contributed by atoms with E-state index in [1.807, 2.05) is 6.92 Å². The molecular formula is C10H16N4O. The number of aromatic nitrogens is 2. The molecule has 15 heavy (non-hydrogen) atoms. The van der Waals surface area contributed by atoms with Gasteiger partial charge in [-0.3, -0.25) is 0 Å². The number of nitrogens with zero attached hydrogens (tertiary/aromatic N) is 2. The lowest BCUT2D eigenvalue weighted by molar-refractivity contribution is 0.0875. The third kappa shape index (κ3) is 2.36. The van der Waals surface area contributed by atoms with Gasteiger partial charge in [0.1, 0.15) is 18.0 Å². The van der Waals surface area contributed by atoms with Crippen molar-refractivity contribution in [2.45, 2.75) is 25.8 Å². The molecule has 1 unspecified atom stereocenters. The van der Waals surface area contributed by atoms with Gasteiger partial charge >= 0.3 is 0 Å². The number of hydrogen-bond acceptors (Lipinski definition) is 5. The smallest absolute Gasteiger partial charge is 0.134 e. The molecule has 0 aromatic carbocycles. The summed E-state index contributed by atoms with van der Waals surface area (Å²) in [5, 5.41) is 3.33. The Kier molecular flexibility index (Phi) is 3.01. The Hall–Kier alpha value is -1.36. The summed E-state index contributed by atoms with van der Waals surface area (Å²) in [5.74, 6) is 1.35. The molecular weight excluding hydrogens is 192 g/mol. The van der Waals surface area contributed by atoms with Gasteiger partial charge in [0.2, 0.25) is 0 Å². The molecule has 0 amide bonds. The number of ether oxygens (including phenoxy) is 1. The second kappa shape index (κ2) is 4.44. The van der Waals surface area contributed by atoms with Gasteiger partial charge in [0.25, 0.3) is 0 Å². The molecule has 5 nitrogen and oxygen atoms in total. The van der Waals surface area contributed by atoms with Crippen molar-refractivity contribution in [2.24, 2.45) is 0 Å². The average molecular weight is 208 g/mol. The van der Waals surface area contributed by atoms with Gasteiger partial charge in [-0.25, -0.2) is 9.97 Å². The van der Waals surface area contributed by atoms with E-state index in [9.17, 15) is 0 Å². The summed E-state index contributed by atoms with van der Waals surface area (Å²) in [5.41, 5.74) is 6.61. The van der Waals surface area contributed by atoms with Crippen molar-refractivity contribution in [3.8, 4) is 0 Å². The van der Waals surface area contributed by atoms with Crippen LogP contribution in [-0.2, 0) is 4.74 Å². The SMILES string of the molecule is Cc1c(N)ncnc1NC1CCCOC1. The van der Waals surface area contributed by atoms with Crippen LogP contribution in [0.4, 0.5) is 11.6 Å². The molecule has 0 aliphatic carbocycles. The van der Waals surface area contributed by atoms with Crippen molar-refractivity contribution in [1.82, 2.24) is 9.97 Å². The monoisotopic (exact) mass is 208 g/mol. The van der Waals surface area contributed by atoms with E-state index in [1.54, 1.807) is 0 Å². The Morgan fingerprint density at radius 1 is 1.53 bits per heavy atom. The van der Waals surface area contributed by atoms with Crippen LogP contribution in [-0.4, -0.2) is 29.2 Å². The van der Waals surface area contributed by atoms with E-state index in [2.05, 4.69) is 15.3 Å². The minimum atomic E-state index is 0.340. The standard InChI is InChI=1S/C10H16N4O/c1-7-9(11)12-6-13-10(7)14-8-3-2-4-15-5-8/h6,8H,2-5H2,1H3,(H3,11,12,13,14). The van der Waals surface area contributed by atoms with Crippen LogP contribution in [0.5, 0.6) is 0 Å². The summed E-state index contributed by atoms with van der Waals surface area (Å²) >= 11 is 0. The number of nitrogens with two attached hydrogens (primary N) is 1. The lowest BCUT2D eigenvalue weighted by atomic mass is 10.1. The molecule has 3 N–H and O–H groups in total. The van der Waals surface area contributed by atoms with Gasteiger partial charge in [-0.2, -0.15) is 0 Å². The van der Waals surface area contributed by atoms with Crippen molar-refractivity contribution < 1.29 is 4.74 Å². The summed E-state index contributed by atoms with van der Waals surface area (Å²) in [6.07, 6.45) is 3.69. The van der Waals surface area contributed by atoms with Gasteiger partial charge < -0.3 is 15.8 Å². The van der Waals surface area contributed by atoms with E-state index in [0.29, 0.717) is 11.9 Å². The molecule has 1 aliphatic rings. The average Bonchev–Trinajstić information content (AvgIpc) is 2.26. The number of nitrogen functional groups attached to an aromatic ring is 1. The fourth-order valence-electron chi connectivity index (χ4n) is 1.66. The molecule has 1 aromatic rings. The van der Waals surface area contributed by atoms with Crippen LogP contribution in [0.15, 0.2) is 6.33 Å². The van der Waals surface area contributed by atoms with Crippen LogP contribution in [0.3, 0.4) is 0 Å². The van der Waals surface area contributed by atoms with E-state index in [0.717, 1.165) is 37.4 Å². The van der Waals surface area contributed by atoms with E-state index in [4.69, 9.17) is 10.5 Å². The number of rotatable bonds is 2. The molecule has 1 saturated heterocycles. The Labute approximate surface area is 89.1 Å². The first kappa shape index (κ1) is 10.2. The maximum atomic E-state index is 5.70. The number of nitrogens with one attached hydrogen (secondary N) is 1. The van der Waals surface area contributed by atoms with Crippen molar-refractivity contribution in [3.05, 3.63) is 11.9 Å². The topological polar surface area (TPSA) is 73.1 Å². The van der Waals surface area contributed by atoms with Gasteiger partial charge in [0.05, 0.1) is 12.6 Å². The second-order valence-corrected chi connectivity index (χ2v) is 3.79. The predicted octanol–water partition coefficient (Wildman–Crippen LogP) is 0.958. The summed E-state index contributed by atoms with van der Waals surface area (Å²) in [6, 6.07) is 0.340. The highest BCUT2D eigenvalue weighted by molar-refractivity contribution is 5.54. The van der Waals surface area contributed by atoms with Gasteiger partial charge in [0.15, 0.2) is 0 Å². The number of anilines is 2. The van der Waals surface area contributed by atoms with E-state index < -0.39 is 0 Å². The molecule has 1 fully saturated rings. The summed E-state index contributed by atoms with van der Waals surface area (Å²) in [4.78, 5) is 8.10. The molecule has 5 heteroatoms. The molecule has 0 saturated carbocycles. The fraction of sp³-hybridized carbons (Fsp3) is 0.600. The van der Waals surface area contributed by atoms with E-state index in [1.165, 1.54) is 6.33 Å². The normalized spacial score (nSPS) is 21.3. The predicted molar refractivity (Wildman–Crippen MR) is 58.6 cm³/mol. The van der Waals surface area contributed by atoms with Crippen LogP contribution in [0, 0.1) is 6.92 Å². The molecule has 2 rings (SSSR count). The van der Waals surface area contributed by atoms with Gasteiger partial charge in [0, 0.05) is 12.2 Å². The summed E-state index contributed by atoms with van der Waals surface area (Å²) in [7, 11) is 0. The van der Waals surface area contributed by atoms with Crippen molar-refractivity contribution in [2.75, 3.05) is 24.3 Å². The van der Waals surface area contributed by atoms with Crippen LogP contribution < -0.4 is 11.1 Å². The molecule has 0 spiro atoms. The highest BCUT2D eigenvalue weighted by atomic mass is 16.5. The molecule has 2 heterocycles. The summed E-state index contributed by atoms with van der Waals surface area (Å²) in [6.45, 7) is 3.52. The second-order valence-electron chi connectivity index (χ2n) is 3.79. The van der Waals surface area contributed by atoms with Crippen molar-refractivity contribution >= 4 is 11.6 Å². The van der Waals surface area contributed by atoms with Crippen LogP contribution >= 0.6 is 0 Å². The van der Waals surface area contributed by atoms with Crippen molar-refractivity contribution in [1.29, 1.82) is 0 Å². The van der Waals surface area contributed by atoms with Gasteiger partial charge in [-0.15, -0.1) is 0 Å². The van der Waals surface area contributed by atoms with Crippen LogP contribution in [0.25, 0.3) is 0 Å². The zero-order valence-corrected chi connectivity index (χ0v) is 8.86. The first-order chi connectivity index (χ1) is 7.27. The highest BCUT2D eigenvalue weighted by Crippen LogP contribution is 2.18. The molecule has 1 aliphatic heterocycles. The number of hydrogen-bond donors (Lipinski definition) is 2. The zero-order chi connectivity index (χ0) is 10.7. The molecule has 0 radical (unpaired) electrons. The Bertz CT molecular complexity index is 336. The molecule has 1 aromatic heterocycles. The van der Waals surface area contributed by atoms with E-state index in [-0.39, 0.29) is 0 Å². The Morgan fingerprint density at radius 3 is 3.13 bits per heavy atom. The summed E-state index contributed by atoms with van der Waals surface area (Å²) < 4.78 is 5.39. The van der Waals surface area contributed by atoms with Crippen LogP contribution in [0.2, 0.25) is 0 Å². The quantitative estimate of drug-likeness (QED) is 0.757. The largest absolute Gasteiger partial charge is 0.383 e. The zero-order valence-electron chi connectivity index (χ0n) is 8.86. The lowest BCUT2D eigenvalue weighted by Crippen LogP contribution is -2.30. The maximum absolute atomic E-state index is 5.70. The first-order valence-electron chi connectivity index (χ1n) is 5.18. The Balaban J connectivity index is 2.06. The van der Waals surface area contributed by atoms with Gasteiger partial charge in [-0.1, -0.05) is 0 Å². The minimum absolute atomic E-state index is 0.340. The minimum Gasteiger partial charge on any atom is -0.383 e. The third-order valence-electron chi connectivity index (χ3n) is 2.62. The maximum Gasteiger partial charge on any atom is 0.134 e. The van der Waals surface area contributed by atoms with Crippen LogP contribution in [0.1, 0.15) is 18.4 Å². The molecule has 82 valence electrons. The van der Waals surface area contributed by atoms with E-state index >= 15 is 0 Å². The Morgan fingerprint density at radius 2 is 2.40 bits per heavy atom. The fourth-order valence-corrected chi connectivity index (χ4v) is 1.66.